The number of anilines is 2. The number of nitrogens with zero attached hydrogens (tertiary/aromatic N) is 4. The highest BCUT2D eigenvalue weighted by molar-refractivity contribution is 6.31. The predicted molar refractivity (Wildman–Crippen MR) is 111 cm³/mol. The molecule has 2 heterocycles. The fraction of sp³-hybridized carbons (Fsp3) is 0.450. The molecule has 0 radical (unpaired) electrons. The van der Waals surface area contributed by atoms with Crippen LogP contribution in [-0.4, -0.2) is 47.8 Å². The van der Waals surface area contributed by atoms with E-state index < -0.39 is 11.7 Å². The topological polar surface area (TPSA) is 70.6 Å². The van der Waals surface area contributed by atoms with Gasteiger partial charge in [-0.2, -0.15) is 0 Å². The fourth-order valence-electron chi connectivity index (χ4n) is 2.88. The number of ether oxygens (including phenoxy) is 1. The quantitative estimate of drug-likeness (QED) is 0.842. The number of hydrogen-bond acceptors (Lipinski definition) is 6. The van der Waals surface area contributed by atoms with Crippen molar-refractivity contribution >= 4 is 29.3 Å². The second-order valence-corrected chi connectivity index (χ2v) is 8.04. The van der Waals surface area contributed by atoms with Crippen molar-refractivity contribution in [3.63, 3.8) is 0 Å². The van der Waals surface area contributed by atoms with E-state index >= 15 is 0 Å². The lowest BCUT2D eigenvalue weighted by Gasteiger charge is -2.30. The van der Waals surface area contributed by atoms with Crippen LogP contribution in [0.3, 0.4) is 0 Å². The third kappa shape index (κ3) is 5.33. The largest absolute Gasteiger partial charge is 0.443 e. The average molecular weight is 404 g/mol. The summed E-state index contributed by atoms with van der Waals surface area (Å²) in [5.41, 5.74) is 0.184. The maximum Gasteiger partial charge on any atom is 0.416 e. The minimum atomic E-state index is -0.626. The molecule has 1 aliphatic heterocycles. The first-order valence-electron chi connectivity index (χ1n) is 9.35. The molecule has 0 aliphatic carbocycles. The number of halogens is 1. The van der Waals surface area contributed by atoms with Crippen molar-refractivity contribution in [1.29, 1.82) is 0 Å². The molecule has 2 aromatic rings. The van der Waals surface area contributed by atoms with Crippen molar-refractivity contribution in [2.45, 2.75) is 32.9 Å². The van der Waals surface area contributed by atoms with Crippen molar-refractivity contribution in [2.24, 2.45) is 0 Å². The Kier molecular flexibility index (Phi) is 6.36. The first-order chi connectivity index (χ1) is 13.3. The third-order valence-corrected chi connectivity index (χ3v) is 4.60. The summed E-state index contributed by atoms with van der Waals surface area (Å²) in [6.45, 7) is 9.21. The number of hydrogen-bond donors (Lipinski definition) is 1. The van der Waals surface area contributed by atoms with Gasteiger partial charge in [-0.1, -0.05) is 29.8 Å². The monoisotopic (exact) mass is 403 g/mol. The molecule has 1 saturated heterocycles. The maximum absolute atomic E-state index is 12.9. The number of piperazine rings is 1. The zero-order chi connectivity index (χ0) is 20.1. The van der Waals surface area contributed by atoms with Crippen LogP contribution in [0.1, 0.15) is 26.3 Å². The highest BCUT2D eigenvalue weighted by Crippen LogP contribution is 2.24. The number of amides is 1. The minimum Gasteiger partial charge on any atom is -0.443 e. The van der Waals surface area contributed by atoms with Gasteiger partial charge in [0.05, 0.1) is 18.9 Å². The third-order valence-electron chi connectivity index (χ3n) is 4.23. The van der Waals surface area contributed by atoms with Gasteiger partial charge >= 0.3 is 6.09 Å². The van der Waals surface area contributed by atoms with Crippen LogP contribution < -0.4 is 15.1 Å². The molecule has 0 spiro atoms. The zero-order valence-corrected chi connectivity index (χ0v) is 17.2. The first kappa shape index (κ1) is 20.4. The standard InChI is InChI=1S/C20H26ClN5O2/c1-20(2,3)28-19(27)26(14-15-6-4-5-7-16(15)21)18-13-23-12-17(24-18)25-10-8-22-9-11-25/h4-7,12-13,22H,8-11,14H2,1-3H3. The predicted octanol–water partition coefficient (Wildman–Crippen LogP) is 3.48. The lowest BCUT2D eigenvalue weighted by atomic mass is 10.2. The summed E-state index contributed by atoms with van der Waals surface area (Å²) >= 11 is 6.32. The van der Waals surface area contributed by atoms with Crippen molar-refractivity contribution in [3.8, 4) is 0 Å². The zero-order valence-electron chi connectivity index (χ0n) is 16.5. The minimum absolute atomic E-state index is 0.244. The average Bonchev–Trinajstić information content (AvgIpc) is 2.67. The van der Waals surface area contributed by atoms with E-state index in [1.807, 2.05) is 39.0 Å². The lowest BCUT2D eigenvalue weighted by Crippen LogP contribution is -2.44. The second-order valence-electron chi connectivity index (χ2n) is 7.63. The molecule has 1 aliphatic rings. The number of nitrogens with one attached hydrogen (secondary N) is 1. The van der Waals surface area contributed by atoms with Gasteiger partial charge in [0.2, 0.25) is 0 Å². The fourth-order valence-corrected chi connectivity index (χ4v) is 3.07. The Hall–Kier alpha value is -2.38. The molecule has 8 heteroatoms. The number of rotatable bonds is 4. The van der Waals surface area contributed by atoms with E-state index in [1.165, 1.54) is 4.90 Å². The molecular weight excluding hydrogens is 378 g/mol. The summed E-state index contributed by atoms with van der Waals surface area (Å²) in [6.07, 6.45) is 2.81. The van der Waals surface area contributed by atoms with Gasteiger partial charge in [-0.05, 0) is 32.4 Å². The molecule has 1 fully saturated rings. The Bertz CT molecular complexity index is 818. The van der Waals surface area contributed by atoms with Crippen LogP contribution in [-0.2, 0) is 11.3 Å². The molecule has 1 N–H and O–H groups in total. The van der Waals surface area contributed by atoms with Crippen LogP contribution in [0.25, 0.3) is 0 Å². The van der Waals surface area contributed by atoms with Gasteiger partial charge in [0.1, 0.15) is 11.4 Å². The lowest BCUT2D eigenvalue weighted by molar-refractivity contribution is 0.0576. The number of carbonyl (C=O) groups is 1. The Morgan fingerprint density at radius 3 is 2.64 bits per heavy atom. The molecule has 0 saturated carbocycles. The molecule has 3 rings (SSSR count). The molecule has 150 valence electrons. The molecule has 1 aromatic carbocycles. The van der Waals surface area contributed by atoms with Crippen LogP contribution in [0.4, 0.5) is 16.4 Å². The van der Waals surface area contributed by atoms with Gasteiger partial charge in [0, 0.05) is 31.2 Å². The molecule has 1 amide bonds. The normalized spacial score (nSPS) is 14.6. The van der Waals surface area contributed by atoms with Crippen LogP contribution in [0.15, 0.2) is 36.7 Å². The summed E-state index contributed by atoms with van der Waals surface area (Å²) in [4.78, 5) is 25.6. The van der Waals surface area contributed by atoms with Crippen LogP contribution in [0.5, 0.6) is 0 Å². The van der Waals surface area contributed by atoms with Gasteiger partial charge in [0.15, 0.2) is 5.82 Å². The Balaban J connectivity index is 1.91. The van der Waals surface area contributed by atoms with Crippen LogP contribution in [0, 0.1) is 0 Å². The van der Waals surface area contributed by atoms with Crippen molar-refractivity contribution in [2.75, 3.05) is 36.0 Å². The van der Waals surface area contributed by atoms with Crippen molar-refractivity contribution in [3.05, 3.63) is 47.2 Å². The van der Waals surface area contributed by atoms with E-state index in [0.717, 1.165) is 37.6 Å². The van der Waals surface area contributed by atoms with Crippen molar-refractivity contribution < 1.29 is 9.53 Å². The first-order valence-corrected chi connectivity index (χ1v) is 9.73. The molecule has 0 atom stereocenters. The number of aromatic nitrogens is 2. The van der Waals surface area contributed by atoms with Gasteiger partial charge in [-0.15, -0.1) is 0 Å². The van der Waals surface area contributed by atoms with Gasteiger partial charge in [-0.3, -0.25) is 9.88 Å². The SMILES string of the molecule is CC(C)(C)OC(=O)N(Cc1ccccc1Cl)c1cncc(N2CCNCC2)n1. The van der Waals surface area contributed by atoms with Crippen LogP contribution in [0.2, 0.25) is 5.02 Å². The molecule has 0 unspecified atom stereocenters. The summed E-state index contributed by atoms with van der Waals surface area (Å²) in [5.74, 6) is 1.18. The molecule has 0 bridgehead atoms. The highest BCUT2D eigenvalue weighted by atomic mass is 35.5. The summed E-state index contributed by atoms with van der Waals surface area (Å²) < 4.78 is 5.60. The number of carbonyl (C=O) groups excluding carboxylic acids is 1. The van der Waals surface area contributed by atoms with E-state index in [9.17, 15) is 4.79 Å². The Morgan fingerprint density at radius 1 is 1.25 bits per heavy atom. The van der Waals surface area contributed by atoms with Crippen molar-refractivity contribution in [1.82, 2.24) is 15.3 Å². The smallest absolute Gasteiger partial charge is 0.416 e. The Morgan fingerprint density at radius 2 is 1.96 bits per heavy atom. The summed E-state index contributed by atoms with van der Waals surface area (Å²) in [6, 6.07) is 7.42. The van der Waals surface area contributed by atoms with E-state index in [2.05, 4.69) is 15.2 Å². The highest BCUT2D eigenvalue weighted by Gasteiger charge is 2.26. The summed E-state index contributed by atoms with van der Waals surface area (Å²) in [5, 5.41) is 3.90. The molecule has 7 nitrogen and oxygen atoms in total. The number of benzene rings is 1. The van der Waals surface area contributed by atoms with Gasteiger partial charge in [0.25, 0.3) is 0 Å². The molecule has 1 aromatic heterocycles. The molecule has 28 heavy (non-hydrogen) atoms. The van der Waals surface area contributed by atoms with E-state index in [1.54, 1.807) is 18.5 Å². The van der Waals surface area contributed by atoms with E-state index in [-0.39, 0.29) is 6.54 Å². The van der Waals surface area contributed by atoms with Gasteiger partial charge < -0.3 is 15.0 Å². The maximum atomic E-state index is 12.9. The summed E-state index contributed by atoms with van der Waals surface area (Å²) in [7, 11) is 0. The Labute approximate surface area is 170 Å². The second kappa shape index (κ2) is 8.75. The van der Waals surface area contributed by atoms with E-state index in [0.29, 0.717) is 10.8 Å². The van der Waals surface area contributed by atoms with E-state index in [4.69, 9.17) is 21.3 Å². The molecular formula is C20H26ClN5O2. The van der Waals surface area contributed by atoms with Crippen LogP contribution >= 0.6 is 11.6 Å². The van der Waals surface area contributed by atoms with Gasteiger partial charge in [-0.25, -0.2) is 9.78 Å².